The Morgan fingerprint density at radius 3 is 2.96 bits per heavy atom. The highest BCUT2D eigenvalue weighted by molar-refractivity contribution is 5.95. The third-order valence-electron chi connectivity index (χ3n) is 4.43. The number of nitrogens with one attached hydrogen (secondary N) is 1. The lowest BCUT2D eigenvalue weighted by Crippen LogP contribution is -2.51. The Bertz CT molecular complexity index is 793. The summed E-state index contributed by atoms with van der Waals surface area (Å²) in [4.78, 5) is 16.9. The van der Waals surface area contributed by atoms with E-state index in [1.807, 2.05) is 19.1 Å². The van der Waals surface area contributed by atoms with Crippen LogP contribution in [0.25, 0.3) is 0 Å². The van der Waals surface area contributed by atoms with Gasteiger partial charge in [-0.25, -0.2) is 0 Å². The van der Waals surface area contributed by atoms with Crippen molar-refractivity contribution in [2.24, 2.45) is 0 Å². The third-order valence-corrected chi connectivity index (χ3v) is 4.43. The summed E-state index contributed by atoms with van der Waals surface area (Å²) < 4.78 is 22.1. The van der Waals surface area contributed by atoms with E-state index in [4.69, 9.17) is 18.9 Å². The predicted molar refractivity (Wildman–Crippen MR) is 92.6 cm³/mol. The number of pyridine rings is 1. The summed E-state index contributed by atoms with van der Waals surface area (Å²) in [5, 5.41) is 3.05. The predicted octanol–water partition coefficient (Wildman–Crippen LogP) is 2.09. The fraction of sp³-hybridized carbons (Fsp3) is 0.368. The zero-order chi connectivity index (χ0) is 17.9. The molecule has 2 unspecified atom stereocenters. The van der Waals surface area contributed by atoms with Gasteiger partial charge < -0.3 is 24.3 Å². The number of nitrogens with zero attached hydrogens (tertiary/aromatic N) is 1. The molecule has 2 aliphatic rings. The average Bonchev–Trinajstić information content (AvgIpc) is 3.13. The van der Waals surface area contributed by atoms with Crippen LogP contribution in [0, 0.1) is 6.92 Å². The first-order valence-corrected chi connectivity index (χ1v) is 8.56. The number of carbonyl (C=O) groups is 1. The summed E-state index contributed by atoms with van der Waals surface area (Å²) in [5.74, 6) is 1.73. The van der Waals surface area contributed by atoms with Gasteiger partial charge in [-0.15, -0.1) is 0 Å². The fourth-order valence-electron chi connectivity index (χ4n) is 2.98. The minimum Gasteiger partial charge on any atom is -0.484 e. The van der Waals surface area contributed by atoms with Gasteiger partial charge in [0.15, 0.2) is 11.5 Å². The molecule has 0 bridgehead atoms. The molecule has 1 aromatic carbocycles. The second-order valence-corrected chi connectivity index (χ2v) is 6.30. The maximum Gasteiger partial charge on any atom is 0.251 e. The van der Waals surface area contributed by atoms with E-state index in [2.05, 4.69) is 10.3 Å². The summed E-state index contributed by atoms with van der Waals surface area (Å²) in [6.07, 6.45) is 2.09. The van der Waals surface area contributed by atoms with Crippen LogP contribution >= 0.6 is 0 Å². The number of fused-ring (bicyclic) bond motifs is 1. The number of amides is 1. The zero-order valence-corrected chi connectivity index (χ0v) is 14.4. The fourth-order valence-corrected chi connectivity index (χ4v) is 2.98. The largest absolute Gasteiger partial charge is 0.484 e. The Kier molecular flexibility index (Phi) is 4.62. The Morgan fingerprint density at radius 1 is 1.23 bits per heavy atom. The van der Waals surface area contributed by atoms with E-state index in [1.54, 1.807) is 24.4 Å². The molecular weight excluding hydrogens is 336 g/mol. The Labute approximate surface area is 151 Å². The third kappa shape index (κ3) is 3.57. The van der Waals surface area contributed by atoms with E-state index in [0.29, 0.717) is 42.4 Å². The molecule has 1 N–H and O–H groups in total. The Morgan fingerprint density at radius 2 is 2.12 bits per heavy atom. The lowest BCUT2D eigenvalue weighted by Gasteiger charge is -2.32. The molecule has 136 valence electrons. The van der Waals surface area contributed by atoms with E-state index < -0.39 is 0 Å². The molecule has 1 saturated heterocycles. The van der Waals surface area contributed by atoms with Crippen molar-refractivity contribution in [3.05, 3.63) is 47.8 Å². The molecule has 1 fully saturated rings. The van der Waals surface area contributed by atoms with Crippen LogP contribution in [0.15, 0.2) is 36.5 Å². The number of ether oxygens (including phenoxy) is 4. The smallest absolute Gasteiger partial charge is 0.251 e. The zero-order valence-electron chi connectivity index (χ0n) is 14.4. The average molecular weight is 356 g/mol. The van der Waals surface area contributed by atoms with E-state index in [-0.39, 0.29) is 24.8 Å². The van der Waals surface area contributed by atoms with Gasteiger partial charge in [0.05, 0.1) is 18.8 Å². The highest BCUT2D eigenvalue weighted by atomic mass is 16.7. The molecule has 3 heterocycles. The molecule has 1 amide bonds. The van der Waals surface area contributed by atoms with Crippen molar-refractivity contribution in [1.82, 2.24) is 10.3 Å². The highest BCUT2D eigenvalue weighted by Gasteiger charge is 2.29. The highest BCUT2D eigenvalue weighted by Crippen LogP contribution is 2.32. The normalized spacial score (nSPS) is 21.3. The van der Waals surface area contributed by atoms with Crippen molar-refractivity contribution in [3.63, 3.8) is 0 Å². The van der Waals surface area contributed by atoms with Crippen LogP contribution in [0.3, 0.4) is 0 Å². The van der Waals surface area contributed by atoms with Gasteiger partial charge in [-0.3, -0.25) is 9.78 Å². The minimum absolute atomic E-state index is 0.150. The molecule has 2 aliphatic heterocycles. The maximum atomic E-state index is 12.6. The summed E-state index contributed by atoms with van der Waals surface area (Å²) in [7, 11) is 0. The van der Waals surface area contributed by atoms with Crippen LogP contribution < -0.4 is 19.5 Å². The molecule has 7 heteroatoms. The van der Waals surface area contributed by atoms with Crippen LogP contribution in [0.4, 0.5) is 0 Å². The number of carbonyl (C=O) groups excluding carboxylic acids is 1. The molecule has 1 aromatic heterocycles. The van der Waals surface area contributed by atoms with Crippen molar-refractivity contribution in [1.29, 1.82) is 0 Å². The Hall–Kier alpha value is -2.80. The molecule has 0 radical (unpaired) electrons. The van der Waals surface area contributed by atoms with Gasteiger partial charge in [0.2, 0.25) is 6.79 Å². The number of aryl methyl sites for hydroxylation is 1. The Balaban J connectivity index is 1.44. The lowest BCUT2D eigenvalue weighted by molar-refractivity contribution is -0.0136. The molecule has 2 aromatic rings. The molecule has 26 heavy (non-hydrogen) atoms. The molecule has 2 atom stereocenters. The summed E-state index contributed by atoms with van der Waals surface area (Å²) in [6.45, 7) is 3.10. The van der Waals surface area contributed by atoms with Crippen molar-refractivity contribution < 1.29 is 23.7 Å². The minimum atomic E-state index is -0.272. The van der Waals surface area contributed by atoms with E-state index >= 15 is 0 Å². The van der Waals surface area contributed by atoms with Crippen molar-refractivity contribution in [2.75, 3.05) is 20.0 Å². The molecule has 0 spiro atoms. The topological polar surface area (TPSA) is 78.9 Å². The molecule has 4 rings (SSSR count). The molecule has 0 saturated carbocycles. The van der Waals surface area contributed by atoms with Gasteiger partial charge in [0, 0.05) is 17.9 Å². The monoisotopic (exact) mass is 356 g/mol. The SMILES string of the molecule is Cc1ccc(OC2COCCC2NC(=O)c2ccc3c(c2)OCO3)cn1. The first kappa shape index (κ1) is 16.7. The second-order valence-electron chi connectivity index (χ2n) is 6.30. The summed E-state index contributed by atoms with van der Waals surface area (Å²) >= 11 is 0. The van der Waals surface area contributed by atoms with Crippen LogP contribution in [-0.4, -0.2) is 43.0 Å². The first-order chi connectivity index (χ1) is 12.7. The number of aromatic nitrogens is 1. The quantitative estimate of drug-likeness (QED) is 0.904. The van der Waals surface area contributed by atoms with Crippen LogP contribution in [0.2, 0.25) is 0 Å². The summed E-state index contributed by atoms with van der Waals surface area (Å²) in [5.41, 5.74) is 1.45. The van der Waals surface area contributed by atoms with Crippen LogP contribution in [0.5, 0.6) is 17.2 Å². The van der Waals surface area contributed by atoms with Crippen molar-refractivity contribution in [2.45, 2.75) is 25.5 Å². The van der Waals surface area contributed by atoms with Gasteiger partial charge in [0.25, 0.3) is 5.91 Å². The maximum absolute atomic E-state index is 12.6. The van der Waals surface area contributed by atoms with Crippen molar-refractivity contribution >= 4 is 5.91 Å². The van der Waals surface area contributed by atoms with Gasteiger partial charge in [0.1, 0.15) is 11.9 Å². The number of hydrogen-bond donors (Lipinski definition) is 1. The standard InChI is InChI=1S/C19H20N2O5/c1-12-2-4-14(9-20-12)26-18-10-23-7-6-15(18)21-19(22)13-3-5-16-17(8-13)25-11-24-16/h2-5,8-9,15,18H,6-7,10-11H2,1H3,(H,21,22). The van der Waals surface area contributed by atoms with Crippen molar-refractivity contribution in [3.8, 4) is 17.2 Å². The van der Waals surface area contributed by atoms with Gasteiger partial charge in [-0.1, -0.05) is 0 Å². The number of benzene rings is 1. The van der Waals surface area contributed by atoms with Gasteiger partial charge >= 0.3 is 0 Å². The van der Waals surface area contributed by atoms with Crippen LogP contribution in [-0.2, 0) is 4.74 Å². The van der Waals surface area contributed by atoms with E-state index in [0.717, 1.165) is 5.69 Å². The first-order valence-electron chi connectivity index (χ1n) is 8.56. The van der Waals surface area contributed by atoms with Gasteiger partial charge in [-0.2, -0.15) is 0 Å². The van der Waals surface area contributed by atoms with Gasteiger partial charge in [-0.05, 0) is 43.7 Å². The van der Waals surface area contributed by atoms with E-state index in [1.165, 1.54) is 0 Å². The summed E-state index contributed by atoms with van der Waals surface area (Å²) in [6, 6.07) is 8.77. The number of hydrogen-bond acceptors (Lipinski definition) is 6. The molecule has 0 aliphatic carbocycles. The molecular formula is C19H20N2O5. The number of rotatable bonds is 4. The van der Waals surface area contributed by atoms with Crippen LogP contribution in [0.1, 0.15) is 22.5 Å². The molecule has 7 nitrogen and oxygen atoms in total. The van der Waals surface area contributed by atoms with E-state index in [9.17, 15) is 4.79 Å². The lowest BCUT2D eigenvalue weighted by atomic mass is 10.0. The second kappa shape index (κ2) is 7.21.